The molecule has 7 nitrogen and oxygen atoms in total. The van der Waals surface area contributed by atoms with Crippen molar-refractivity contribution < 1.29 is 23.0 Å². The molecule has 0 unspecified atom stereocenters. The lowest BCUT2D eigenvalue weighted by molar-refractivity contribution is -0.137. The Kier molecular flexibility index (Phi) is 6.25. The summed E-state index contributed by atoms with van der Waals surface area (Å²) in [5.41, 5.74) is 1.35. The van der Waals surface area contributed by atoms with Crippen molar-refractivity contribution in [2.45, 2.75) is 32.5 Å². The number of nitrogens with zero attached hydrogens (tertiary/aromatic N) is 3. The van der Waals surface area contributed by atoms with Crippen molar-refractivity contribution in [1.82, 2.24) is 19.9 Å². The van der Waals surface area contributed by atoms with Crippen LogP contribution in [0.3, 0.4) is 0 Å². The van der Waals surface area contributed by atoms with Gasteiger partial charge >= 0.3 is 6.18 Å². The molecule has 0 saturated heterocycles. The highest BCUT2D eigenvalue weighted by Gasteiger charge is 2.30. The van der Waals surface area contributed by atoms with Crippen LogP contribution in [0.15, 0.2) is 54.7 Å². The van der Waals surface area contributed by atoms with E-state index in [1.165, 1.54) is 12.1 Å². The second-order valence-electron chi connectivity index (χ2n) is 8.55. The second-order valence-corrected chi connectivity index (χ2v) is 8.55. The number of rotatable bonds is 6. The molecule has 0 aliphatic carbocycles. The number of H-pyrrole nitrogens is 1. The van der Waals surface area contributed by atoms with Crippen LogP contribution in [0.25, 0.3) is 22.6 Å². The van der Waals surface area contributed by atoms with Crippen molar-refractivity contribution in [1.29, 1.82) is 0 Å². The highest BCUT2D eigenvalue weighted by Crippen LogP contribution is 2.34. The average Bonchev–Trinajstić information content (AvgIpc) is 3.23. The monoisotopic (exact) mass is 483 g/mol. The third-order valence-corrected chi connectivity index (χ3v) is 5.28. The van der Waals surface area contributed by atoms with Gasteiger partial charge in [0.15, 0.2) is 0 Å². The van der Waals surface area contributed by atoms with E-state index in [1.54, 1.807) is 45.4 Å². The van der Waals surface area contributed by atoms with Crippen molar-refractivity contribution in [3.8, 4) is 28.4 Å². The number of aliphatic hydroxyl groups is 1. The van der Waals surface area contributed by atoms with Crippen LogP contribution in [0, 0.1) is 6.92 Å². The number of imidazole rings is 1. The van der Waals surface area contributed by atoms with Crippen molar-refractivity contribution in [3.05, 3.63) is 71.7 Å². The predicted octanol–water partition coefficient (Wildman–Crippen LogP) is 5.84. The van der Waals surface area contributed by atoms with Crippen LogP contribution in [-0.2, 0) is 11.8 Å². The standard InChI is InChI=1S/C25H24F3N5O2/c1-14-13-29-22(30-14)18-10-9-17(11-20(18)35-4)31-23-32-19(12-21(33-23)24(2,3)34)15-5-7-16(8-6-15)25(26,27)28/h5-13,34H,1-4H3,(H,29,30)(H,31,32,33). The van der Waals surface area contributed by atoms with Crippen LogP contribution in [0.1, 0.15) is 30.8 Å². The maximum Gasteiger partial charge on any atom is 0.416 e. The number of halogens is 3. The van der Waals surface area contributed by atoms with E-state index in [-0.39, 0.29) is 5.95 Å². The number of benzene rings is 2. The minimum absolute atomic E-state index is 0.170. The van der Waals surface area contributed by atoms with Crippen molar-refractivity contribution in [2.75, 3.05) is 12.4 Å². The number of aromatic nitrogens is 4. The van der Waals surface area contributed by atoms with Gasteiger partial charge in [-0.25, -0.2) is 15.0 Å². The first-order chi connectivity index (χ1) is 16.4. The molecular formula is C25H24F3N5O2. The van der Waals surface area contributed by atoms with Crippen molar-refractivity contribution in [2.24, 2.45) is 0 Å². The molecule has 35 heavy (non-hydrogen) atoms. The summed E-state index contributed by atoms with van der Waals surface area (Å²) in [6.07, 6.45) is -2.71. The molecule has 0 bridgehead atoms. The smallest absolute Gasteiger partial charge is 0.416 e. The summed E-state index contributed by atoms with van der Waals surface area (Å²) in [6, 6.07) is 11.6. The lowest BCUT2D eigenvalue weighted by Gasteiger charge is -2.19. The Morgan fingerprint density at radius 2 is 1.71 bits per heavy atom. The minimum Gasteiger partial charge on any atom is -0.496 e. The van der Waals surface area contributed by atoms with Gasteiger partial charge in [-0.15, -0.1) is 0 Å². The Morgan fingerprint density at radius 3 is 2.29 bits per heavy atom. The highest BCUT2D eigenvalue weighted by molar-refractivity contribution is 5.71. The van der Waals surface area contributed by atoms with Gasteiger partial charge in [0, 0.05) is 29.2 Å². The molecule has 3 N–H and O–H groups in total. The number of aryl methyl sites for hydroxylation is 1. The van der Waals surface area contributed by atoms with Gasteiger partial charge in [0.1, 0.15) is 17.2 Å². The Bertz CT molecular complexity index is 1340. The molecule has 2 aromatic carbocycles. The molecule has 0 aliphatic heterocycles. The molecule has 10 heteroatoms. The van der Waals surface area contributed by atoms with E-state index in [1.807, 2.05) is 13.0 Å². The zero-order valence-corrected chi connectivity index (χ0v) is 19.5. The molecule has 0 amide bonds. The zero-order valence-electron chi connectivity index (χ0n) is 19.5. The molecule has 0 aliphatic rings. The molecule has 0 fully saturated rings. The number of anilines is 2. The highest BCUT2D eigenvalue weighted by atomic mass is 19.4. The summed E-state index contributed by atoms with van der Waals surface area (Å²) in [5, 5.41) is 13.6. The summed E-state index contributed by atoms with van der Waals surface area (Å²) >= 11 is 0. The van der Waals surface area contributed by atoms with E-state index in [4.69, 9.17) is 4.74 Å². The number of nitrogens with one attached hydrogen (secondary N) is 2. The number of hydrogen-bond acceptors (Lipinski definition) is 6. The summed E-state index contributed by atoms with van der Waals surface area (Å²) in [7, 11) is 1.55. The van der Waals surface area contributed by atoms with E-state index >= 15 is 0 Å². The molecule has 0 saturated carbocycles. The molecule has 4 rings (SSSR count). The Hall–Kier alpha value is -3.92. The van der Waals surface area contributed by atoms with Crippen molar-refractivity contribution >= 4 is 11.6 Å². The van der Waals surface area contributed by atoms with Crippen LogP contribution in [0.5, 0.6) is 5.75 Å². The number of ether oxygens (including phenoxy) is 1. The molecule has 0 spiro atoms. The van der Waals surface area contributed by atoms with Gasteiger partial charge < -0.3 is 20.1 Å². The van der Waals surface area contributed by atoms with Gasteiger partial charge in [-0.2, -0.15) is 13.2 Å². The minimum atomic E-state index is -4.44. The second kappa shape index (κ2) is 9.03. The van der Waals surface area contributed by atoms with E-state index in [0.717, 1.165) is 23.4 Å². The van der Waals surface area contributed by atoms with E-state index in [0.29, 0.717) is 34.2 Å². The molecule has 2 aromatic heterocycles. The average molecular weight is 483 g/mol. The van der Waals surface area contributed by atoms with Crippen LogP contribution in [-0.4, -0.2) is 32.2 Å². The van der Waals surface area contributed by atoms with Crippen LogP contribution in [0.2, 0.25) is 0 Å². The van der Waals surface area contributed by atoms with E-state index < -0.39 is 17.3 Å². The largest absolute Gasteiger partial charge is 0.496 e. The topological polar surface area (TPSA) is 95.9 Å². The summed E-state index contributed by atoms with van der Waals surface area (Å²) in [5.74, 6) is 1.39. The first-order valence-corrected chi connectivity index (χ1v) is 10.7. The molecular weight excluding hydrogens is 459 g/mol. The Balaban J connectivity index is 1.70. The number of hydrogen-bond donors (Lipinski definition) is 3. The van der Waals surface area contributed by atoms with E-state index in [9.17, 15) is 18.3 Å². The van der Waals surface area contributed by atoms with Gasteiger partial charge in [-0.1, -0.05) is 12.1 Å². The number of aromatic amines is 1. The van der Waals surface area contributed by atoms with Gasteiger partial charge in [0.25, 0.3) is 0 Å². The first kappa shape index (κ1) is 24.2. The molecule has 4 aromatic rings. The van der Waals surface area contributed by atoms with E-state index in [2.05, 4.69) is 25.3 Å². The van der Waals surface area contributed by atoms with Crippen LogP contribution < -0.4 is 10.1 Å². The van der Waals surface area contributed by atoms with Gasteiger partial charge in [-0.3, -0.25) is 0 Å². The molecule has 182 valence electrons. The number of methoxy groups -OCH3 is 1. The summed E-state index contributed by atoms with van der Waals surface area (Å²) in [6.45, 7) is 5.04. The summed E-state index contributed by atoms with van der Waals surface area (Å²) in [4.78, 5) is 16.4. The Morgan fingerprint density at radius 1 is 1.00 bits per heavy atom. The van der Waals surface area contributed by atoms with Gasteiger partial charge in [0.05, 0.1) is 29.6 Å². The molecule has 0 atom stereocenters. The van der Waals surface area contributed by atoms with Crippen LogP contribution in [0.4, 0.5) is 24.8 Å². The van der Waals surface area contributed by atoms with Crippen LogP contribution >= 0.6 is 0 Å². The zero-order chi connectivity index (χ0) is 25.4. The predicted molar refractivity (Wildman–Crippen MR) is 126 cm³/mol. The fourth-order valence-corrected chi connectivity index (χ4v) is 3.44. The maximum absolute atomic E-state index is 13.0. The quantitative estimate of drug-likeness (QED) is 0.319. The van der Waals surface area contributed by atoms with Gasteiger partial charge in [0.2, 0.25) is 5.95 Å². The SMILES string of the molecule is COc1cc(Nc2nc(-c3ccc(C(F)(F)F)cc3)cc(C(C)(C)O)n2)ccc1-c1ncc(C)[nH]1. The normalized spacial score (nSPS) is 12.0. The third-order valence-electron chi connectivity index (χ3n) is 5.28. The Labute approximate surface area is 200 Å². The fraction of sp³-hybridized carbons (Fsp3) is 0.240. The lowest BCUT2D eigenvalue weighted by atomic mass is 10.0. The van der Waals surface area contributed by atoms with Gasteiger partial charge in [-0.05, 0) is 51.1 Å². The molecule has 0 radical (unpaired) electrons. The first-order valence-electron chi connectivity index (χ1n) is 10.7. The number of alkyl halides is 3. The summed E-state index contributed by atoms with van der Waals surface area (Å²) < 4.78 is 44.4. The maximum atomic E-state index is 13.0. The van der Waals surface area contributed by atoms with Crippen molar-refractivity contribution in [3.63, 3.8) is 0 Å². The molecule has 2 heterocycles. The fourth-order valence-electron chi connectivity index (χ4n) is 3.44. The lowest BCUT2D eigenvalue weighted by Crippen LogP contribution is -2.19. The third kappa shape index (κ3) is 5.43.